The lowest BCUT2D eigenvalue weighted by atomic mass is 9.89. The molecule has 1 aliphatic heterocycles. The van der Waals surface area contributed by atoms with Crippen LogP contribution in [0.3, 0.4) is 0 Å². The molecule has 1 heterocycles. The Balaban J connectivity index is 2.74. The van der Waals surface area contributed by atoms with Gasteiger partial charge in [-0.3, -0.25) is 4.79 Å². The minimum absolute atomic E-state index is 0.406. The van der Waals surface area contributed by atoms with Gasteiger partial charge in [0, 0.05) is 6.54 Å². The third-order valence-electron chi connectivity index (χ3n) is 2.01. The molecule has 4 heteroatoms. The van der Waals surface area contributed by atoms with Gasteiger partial charge in [-0.15, -0.1) is 0 Å². The molecule has 0 bridgehead atoms. The Morgan fingerprint density at radius 2 is 2.45 bits per heavy atom. The van der Waals surface area contributed by atoms with E-state index in [1.165, 1.54) is 7.11 Å². The second-order valence-corrected chi connectivity index (χ2v) is 2.69. The third-order valence-corrected chi connectivity index (χ3v) is 2.01. The summed E-state index contributed by atoms with van der Waals surface area (Å²) in [6.07, 6.45) is 1.22. The van der Waals surface area contributed by atoms with Gasteiger partial charge in [0.1, 0.15) is 11.7 Å². The third kappa shape index (κ3) is 1.26. The van der Waals surface area contributed by atoms with E-state index in [9.17, 15) is 9.59 Å². The predicted molar refractivity (Wildman–Crippen MR) is 38.0 cm³/mol. The summed E-state index contributed by atoms with van der Waals surface area (Å²) in [5.74, 6) is -0.433. The maximum Gasteiger partial charge on any atom is 0.320 e. The summed E-state index contributed by atoms with van der Waals surface area (Å²) in [6.45, 7) is 1.11. The first-order chi connectivity index (χ1) is 5.25. The molecule has 0 saturated carbocycles. The van der Waals surface area contributed by atoms with Crippen LogP contribution in [0, 0.1) is 5.41 Å². The fraction of sp³-hybridized carbons (Fsp3) is 0.714. The van der Waals surface area contributed by atoms with Crippen LogP contribution in [0.2, 0.25) is 0 Å². The molecule has 0 aromatic carbocycles. The summed E-state index contributed by atoms with van der Waals surface area (Å²) in [7, 11) is 1.30. The van der Waals surface area contributed by atoms with Gasteiger partial charge in [-0.1, -0.05) is 0 Å². The number of nitrogens with one attached hydrogen (secondary N) is 1. The first kappa shape index (κ1) is 8.20. The van der Waals surface area contributed by atoms with E-state index in [-0.39, 0.29) is 0 Å². The van der Waals surface area contributed by atoms with Crippen molar-refractivity contribution in [1.29, 1.82) is 0 Å². The van der Waals surface area contributed by atoms with Crippen LogP contribution in [0.1, 0.15) is 6.42 Å². The molecule has 1 aliphatic rings. The summed E-state index contributed by atoms with van der Waals surface area (Å²) in [4.78, 5) is 21.7. The monoisotopic (exact) mass is 157 g/mol. The zero-order valence-electron chi connectivity index (χ0n) is 6.42. The smallest absolute Gasteiger partial charge is 0.320 e. The Morgan fingerprint density at radius 3 is 2.82 bits per heavy atom. The first-order valence-electron chi connectivity index (χ1n) is 3.51. The summed E-state index contributed by atoms with van der Waals surface area (Å²) >= 11 is 0. The van der Waals surface area contributed by atoms with Gasteiger partial charge < -0.3 is 14.8 Å². The molecule has 0 radical (unpaired) electrons. The van der Waals surface area contributed by atoms with Crippen LogP contribution in [0.25, 0.3) is 0 Å². The van der Waals surface area contributed by atoms with Crippen LogP contribution < -0.4 is 5.32 Å². The molecule has 0 aliphatic carbocycles. The molecular weight excluding hydrogens is 146 g/mol. The van der Waals surface area contributed by atoms with Crippen molar-refractivity contribution in [1.82, 2.24) is 5.32 Å². The van der Waals surface area contributed by atoms with Gasteiger partial charge in [0.2, 0.25) is 0 Å². The molecular formula is C7H11NO3. The fourth-order valence-corrected chi connectivity index (χ4v) is 1.24. The molecule has 1 rings (SSSR count). The van der Waals surface area contributed by atoms with Gasteiger partial charge in [-0.05, 0) is 13.0 Å². The van der Waals surface area contributed by atoms with Gasteiger partial charge >= 0.3 is 5.97 Å². The van der Waals surface area contributed by atoms with E-state index >= 15 is 0 Å². The molecule has 1 fully saturated rings. The summed E-state index contributed by atoms with van der Waals surface area (Å²) in [5, 5.41) is 2.95. The van der Waals surface area contributed by atoms with E-state index in [1.807, 2.05) is 0 Å². The average Bonchev–Trinajstić information content (AvgIpc) is 2.52. The van der Waals surface area contributed by atoms with Crippen LogP contribution >= 0.6 is 0 Å². The maximum atomic E-state index is 11.1. The SMILES string of the molecule is COC(=O)C1(C=O)CCNC1. The minimum Gasteiger partial charge on any atom is -0.468 e. The zero-order valence-corrected chi connectivity index (χ0v) is 6.42. The summed E-state index contributed by atoms with van der Waals surface area (Å²) in [6, 6.07) is 0. The second-order valence-electron chi connectivity index (χ2n) is 2.69. The van der Waals surface area contributed by atoms with Gasteiger partial charge in [0.05, 0.1) is 7.11 Å². The molecule has 0 amide bonds. The maximum absolute atomic E-state index is 11.1. The van der Waals surface area contributed by atoms with Crippen molar-refractivity contribution in [2.24, 2.45) is 5.41 Å². The molecule has 11 heavy (non-hydrogen) atoms. The molecule has 0 aromatic heterocycles. The van der Waals surface area contributed by atoms with E-state index in [4.69, 9.17) is 0 Å². The van der Waals surface area contributed by atoms with Crippen LogP contribution in [0.4, 0.5) is 0 Å². The van der Waals surface area contributed by atoms with Crippen molar-refractivity contribution in [2.75, 3.05) is 20.2 Å². The van der Waals surface area contributed by atoms with Crippen molar-refractivity contribution in [3.8, 4) is 0 Å². The number of rotatable bonds is 2. The van der Waals surface area contributed by atoms with E-state index < -0.39 is 11.4 Å². The topological polar surface area (TPSA) is 55.4 Å². The van der Waals surface area contributed by atoms with Gasteiger partial charge in [0.25, 0.3) is 0 Å². The minimum atomic E-state index is -0.908. The highest BCUT2D eigenvalue weighted by molar-refractivity contribution is 5.93. The molecule has 1 N–H and O–H groups in total. The predicted octanol–water partition coefficient (Wildman–Crippen LogP) is -0.662. The Kier molecular flexibility index (Phi) is 2.24. The Hall–Kier alpha value is -0.900. The lowest BCUT2D eigenvalue weighted by Crippen LogP contribution is -2.35. The molecule has 1 atom stereocenters. The number of esters is 1. The van der Waals surface area contributed by atoms with E-state index in [1.54, 1.807) is 0 Å². The average molecular weight is 157 g/mol. The quantitative estimate of drug-likeness (QED) is 0.328. The molecule has 1 saturated heterocycles. The Bertz CT molecular complexity index is 173. The normalized spacial score (nSPS) is 29.9. The van der Waals surface area contributed by atoms with Crippen LogP contribution in [0.5, 0.6) is 0 Å². The molecule has 62 valence electrons. The first-order valence-corrected chi connectivity index (χ1v) is 3.51. The largest absolute Gasteiger partial charge is 0.468 e. The standard InChI is InChI=1S/C7H11NO3/c1-11-6(10)7(5-9)2-3-8-4-7/h5,8H,2-4H2,1H3. The van der Waals surface area contributed by atoms with Crippen LogP contribution in [-0.2, 0) is 14.3 Å². The van der Waals surface area contributed by atoms with E-state index in [2.05, 4.69) is 10.1 Å². The number of hydrogen-bond acceptors (Lipinski definition) is 4. The Morgan fingerprint density at radius 1 is 1.73 bits per heavy atom. The number of carbonyl (C=O) groups is 2. The molecule has 1 unspecified atom stereocenters. The number of ether oxygens (including phenoxy) is 1. The lowest BCUT2D eigenvalue weighted by molar-refractivity contribution is -0.153. The van der Waals surface area contributed by atoms with Gasteiger partial charge in [-0.25, -0.2) is 0 Å². The number of carbonyl (C=O) groups excluding carboxylic acids is 2. The Labute approximate surface area is 64.9 Å². The van der Waals surface area contributed by atoms with Crippen molar-refractivity contribution in [2.45, 2.75) is 6.42 Å². The fourth-order valence-electron chi connectivity index (χ4n) is 1.24. The van der Waals surface area contributed by atoms with Crippen molar-refractivity contribution in [3.05, 3.63) is 0 Å². The van der Waals surface area contributed by atoms with Crippen LogP contribution in [0.15, 0.2) is 0 Å². The second kappa shape index (κ2) is 3.00. The summed E-state index contributed by atoms with van der Waals surface area (Å²) in [5.41, 5.74) is -0.908. The van der Waals surface area contributed by atoms with Gasteiger partial charge in [0.15, 0.2) is 0 Å². The highest BCUT2D eigenvalue weighted by atomic mass is 16.5. The summed E-state index contributed by atoms with van der Waals surface area (Å²) < 4.78 is 4.52. The van der Waals surface area contributed by atoms with Crippen molar-refractivity contribution >= 4 is 12.3 Å². The lowest BCUT2D eigenvalue weighted by Gasteiger charge is -2.16. The van der Waals surface area contributed by atoms with Crippen LogP contribution in [-0.4, -0.2) is 32.5 Å². The number of aldehydes is 1. The molecule has 0 spiro atoms. The molecule has 4 nitrogen and oxygen atoms in total. The molecule has 0 aromatic rings. The van der Waals surface area contributed by atoms with E-state index in [0.29, 0.717) is 25.8 Å². The number of methoxy groups -OCH3 is 1. The number of hydrogen-bond donors (Lipinski definition) is 1. The highest BCUT2D eigenvalue weighted by Crippen LogP contribution is 2.23. The highest BCUT2D eigenvalue weighted by Gasteiger charge is 2.42. The van der Waals surface area contributed by atoms with Crippen molar-refractivity contribution < 1.29 is 14.3 Å². The van der Waals surface area contributed by atoms with E-state index in [0.717, 1.165) is 0 Å². The van der Waals surface area contributed by atoms with Gasteiger partial charge in [-0.2, -0.15) is 0 Å². The zero-order chi connectivity index (χ0) is 8.32. The van der Waals surface area contributed by atoms with Crippen molar-refractivity contribution in [3.63, 3.8) is 0 Å².